The van der Waals surface area contributed by atoms with Crippen molar-refractivity contribution in [2.45, 2.75) is 44.7 Å². The summed E-state index contributed by atoms with van der Waals surface area (Å²) < 4.78 is 13.4. The Bertz CT molecular complexity index is 1190. The number of carbonyl (C=O) groups is 2. The van der Waals surface area contributed by atoms with Crippen molar-refractivity contribution < 1.29 is 14.0 Å². The predicted octanol–water partition coefficient (Wildman–Crippen LogP) is 4.40. The highest BCUT2D eigenvalue weighted by molar-refractivity contribution is 6.21. The highest BCUT2D eigenvalue weighted by atomic mass is 19.1. The van der Waals surface area contributed by atoms with Crippen LogP contribution in [0.25, 0.3) is 16.5 Å². The molecule has 1 saturated carbocycles. The van der Waals surface area contributed by atoms with E-state index in [0.29, 0.717) is 17.6 Å². The Morgan fingerprint density at radius 2 is 1.84 bits per heavy atom. The summed E-state index contributed by atoms with van der Waals surface area (Å²) in [6.45, 7) is 1.97. The average Bonchev–Trinajstić information content (AvgIpc) is 3.02. The molecule has 31 heavy (non-hydrogen) atoms. The van der Waals surface area contributed by atoms with E-state index in [1.165, 1.54) is 24.3 Å². The van der Waals surface area contributed by atoms with Gasteiger partial charge in [-0.1, -0.05) is 18.2 Å². The molecule has 5 nitrogen and oxygen atoms in total. The largest absolute Gasteiger partial charge is 0.354 e. The molecule has 2 aliphatic rings. The van der Waals surface area contributed by atoms with Crippen molar-refractivity contribution in [3.05, 3.63) is 77.4 Å². The predicted molar refractivity (Wildman–Crippen MR) is 118 cm³/mol. The van der Waals surface area contributed by atoms with Crippen LogP contribution in [-0.4, -0.2) is 33.8 Å². The SMILES string of the molecule is CC1Cc2c([nH]c3ccccc23)C(C(=O)NC2CCC2)=CN1C(=O)c1ccc(F)cc1. The molecule has 2 aromatic carbocycles. The first-order valence-electron chi connectivity index (χ1n) is 10.7. The minimum atomic E-state index is -0.391. The van der Waals surface area contributed by atoms with Crippen LogP contribution in [0.5, 0.6) is 0 Å². The summed E-state index contributed by atoms with van der Waals surface area (Å²) in [5.74, 6) is -0.822. The quantitative estimate of drug-likeness (QED) is 0.663. The molecule has 1 unspecified atom stereocenters. The number of aromatic amines is 1. The van der Waals surface area contributed by atoms with Crippen molar-refractivity contribution in [1.82, 2.24) is 15.2 Å². The first-order valence-corrected chi connectivity index (χ1v) is 10.7. The molecule has 3 aromatic rings. The minimum absolute atomic E-state index is 0.176. The molecule has 6 heteroatoms. The molecule has 1 atom stereocenters. The molecule has 0 radical (unpaired) electrons. The maximum atomic E-state index is 13.4. The molecule has 1 aliphatic heterocycles. The monoisotopic (exact) mass is 417 g/mol. The summed E-state index contributed by atoms with van der Waals surface area (Å²) >= 11 is 0. The topological polar surface area (TPSA) is 65.2 Å². The summed E-state index contributed by atoms with van der Waals surface area (Å²) in [7, 11) is 0. The Balaban J connectivity index is 1.59. The third-order valence-corrected chi connectivity index (χ3v) is 6.34. The fourth-order valence-electron chi connectivity index (χ4n) is 4.35. The van der Waals surface area contributed by atoms with Gasteiger partial charge in [-0.2, -0.15) is 0 Å². The molecule has 0 saturated heterocycles. The van der Waals surface area contributed by atoms with E-state index in [-0.39, 0.29) is 23.9 Å². The van der Waals surface area contributed by atoms with Crippen LogP contribution in [0.4, 0.5) is 4.39 Å². The third kappa shape index (κ3) is 3.52. The van der Waals surface area contributed by atoms with Crippen molar-refractivity contribution >= 4 is 28.3 Å². The summed E-state index contributed by atoms with van der Waals surface area (Å²) in [5.41, 5.74) is 3.61. The second-order valence-electron chi connectivity index (χ2n) is 8.44. The van der Waals surface area contributed by atoms with Gasteiger partial charge in [0.15, 0.2) is 0 Å². The van der Waals surface area contributed by atoms with Crippen molar-refractivity contribution in [1.29, 1.82) is 0 Å². The maximum Gasteiger partial charge on any atom is 0.258 e. The van der Waals surface area contributed by atoms with Crippen molar-refractivity contribution in [2.24, 2.45) is 0 Å². The number of para-hydroxylation sites is 1. The number of halogens is 1. The molecule has 2 amide bonds. The van der Waals surface area contributed by atoms with E-state index in [4.69, 9.17) is 0 Å². The van der Waals surface area contributed by atoms with E-state index in [9.17, 15) is 14.0 Å². The number of amides is 2. The van der Waals surface area contributed by atoms with Gasteiger partial charge >= 0.3 is 0 Å². The van der Waals surface area contributed by atoms with Gasteiger partial charge in [-0.3, -0.25) is 9.59 Å². The number of hydrogen-bond donors (Lipinski definition) is 2. The molecule has 0 bridgehead atoms. The van der Waals surface area contributed by atoms with Crippen molar-refractivity contribution in [3.63, 3.8) is 0 Å². The number of nitrogens with zero attached hydrogens (tertiary/aromatic N) is 1. The molecular formula is C25H24FN3O2. The van der Waals surface area contributed by atoms with Crippen LogP contribution in [0.1, 0.15) is 47.8 Å². The number of aromatic nitrogens is 1. The molecule has 2 N–H and O–H groups in total. The van der Waals surface area contributed by atoms with Gasteiger partial charge < -0.3 is 15.2 Å². The zero-order valence-corrected chi connectivity index (χ0v) is 17.3. The minimum Gasteiger partial charge on any atom is -0.354 e. The number of fused-ring (bicyclic) bond motifs is 3. The van der Waals surface area contributed by atoms with Crippen LogP contribution in [0.2, 0.25) is 0 Å². The van der Waals surface area contributed by atoms with Crippen LogP contribution >= 0.6 is 0 Å². The van der Waals surface area contributed by atoms with Gasteiger partial charge in [-0.15, -0.1) is 0 Å². The van der Waals surface area contributed by atoms with E-state index < -0.39 is 5.82 Å². The number of hydrogen-bond acceptors (Lipinski definition) is 2. The Morgan fingerprint density at radius 3 is 2.55 bits per heavy atom. The molecule has 158 valence electrons. The summed E-state index contributed by atoms with van der Waals surface area (Å²) in [6.07, 6.45) is 5.34. The van der Waals surface area contributed by atoms with E-state index >= 15 is 0 Å². The van der Waals surface area contributed by atoms with Gasteiger partial charge in [-0.05, 0) is 68.5 Å². The number of carbonyl (C=O) groups excluding carboxylic acids is 2. The molecule has 5 rings (SSSR count). The molecule has 1 aliphatic carbocycles. The van der Waals surface area contributed by atoms with E-state index in [1.54, 1.807) is 11.1 Å². The van der Waals surface area contributed by atoms with E-state index in [1.807, 2.05) is 31.2 Å². The highest BCUT2D eigenvalue weighted by Gasteiger charge is 2.32. The van der Waals surface area contributed by atoms with Crippen molar-refractivity contribution in [3.8, 4) is 0 Å². The fourth-order valence-corrected chi connectivity index (χ4v) is 4.35. The lowest BCUT2D eigenvalue weighted by Crippen LogP contribution is -2.40. The van der Waals surface area contributed by atoms with Gasteiger partial charge in [0.1, 0.15) is 5.82 Å². The molecule has 0 spiro atoms. The maximum absolute atomic E-state index is 13.4. The van der Waals surface area contributed by atoms with Gasteiger partial charge in [0.25, 0.3) is 11.8 Å². The molecular weight excluding hydrogens is 393 g/mol. The summed E-state index contributed by atoms with van der Waals surface area (Å²) in [6, 6.07) is 13.5. The summed E-state index contributed by atoms with van der Waals surface area (Å²) in [4.78, 5) is 31.6. The van der Waals surface area contributed by atoms with Crippen LogP contribution in [0.15, 0.2) is 54.7 Å². The lowest BCUT2D eigenvalue weighted by Gasteiger charge is -2.27. The standard InChI is InChI=1S/C25H24FN3O2/c1-15-13-20-19-7-2-3-8-22(19)28-23(20)21(24(30)27-18-5-4-6-18)14-29(15)25(31)16-9-11-17(26)12-10-16/h2-3,7-12,14-15,18,28H,4-6,13H2,1H3,(H,27,30). The number of H-pyrrole nitrogens is 1. The lowest BCUT2D eigenvalue weighted by molar-refractivity contribution is -0.116. The third-order valence-electron chi connectivity index (χ3n) is 6.34. The van der Waals surface area contributed by atoms with Crippen LogP contribution in [0.3, 0.4) is 0 Å². The zero-order valence-electron chi connectivity index (χ0n) is 17.3. The molecule has 2 heterocycles. The number of benzene rings is 2. The first kappa shape index (κ1) is 19.5. The fraction of sp³-hybridized carbons (Fsp3) is 0.280. The Labute approximate surface area is 179 Å². The molecule has 1 fully saturated rings. The van der Waals surface area contributed by atoms with Crippen LogP contribution in [0, 0.1) is 5.82 Å². The van der Waals surface area contributed by atoms with Crippen LogP contribution < -0.4 is 5.32 Å². The second kappa shape index (κ2) is 7.69. The van der Waals surface area contributed by atoms with E-state index in [0.717, 1.165) is 41.4 Å². The van der Waals surface area contributed by atoms with E-state index in [2.05, 4.69) is 10.3 Å². The first-order chi connectivity index (χ1) is 15.0. The second-order valence-corrected chi connectivity index (χ2v) is 8.44. The average molecular weight is 417 g/mol. The zero-order chi connectivity index (χ0) is 21.5. The Hall–Kier alpha value is -3.41. The molecule has 1 aromatic heterocycles. The summed E-state index contributed by atoms with van der Waals surface area (Å²) in [5, 5.41) is 4.16. The van der Waals surface area contributed by atoms with Crippen molar-refractivity contribution in [2.75, 3.05) is 0 Å². The van der Waals surface area contributed by atoms with Crippen LogP contribution in [-0.2, 0) is 11.2 Å². The highest BCUT2D eigenvalue weighted by Crippen LogP contribution is 2.33. The number of nitrogens with one attached hydrogen (secondary N) is 2. The van der Waals surface area contributed by atoms with Gasteiger partial charge in [0.2, 0.25) is 0 Å². The smallest absolute Gasteiger partial charge is 0.258 e. The Kier molecular flexibility index (Phi) is 4.85. The Morgan fingerprint density at radius 1 is 1.10 bits per heavy atom. The lowest BCUT2D eigenvalue weighted by atomic mass is 9.92. The van der Waals surface area contributed by atoms with Gasteiger partial charge in [0, 0.05) is 34.8 Å². The number of rotatable bonds is 3. The van der Waals surface area contributed by atoms with Gasteiger partial charge in [0.05, 0.1) is 11.3 Å². The van der Waals surface area contributed by atoms with Gasteiger partial charge in [-0.25, -0.2) is 4.39 Å². The normalized spacial score (nSPS) is 18.7.